The lowest BCUT2D eigenvalue weighted by molar-refractivity contribution is -0.145. The highest BCUT2D eigenvalue weighted by Gasteiger charge is 2.76. The fourth-order valence-electron chi connectivity index (χ4n) is 3.52. The number of carboxylic acids is 1. The fraction of sp³-hybridized carbons (Fsp3) is 0.278. The number of halogens is 1. The summed E-state index contributed by atoms with van der Waals surface area (Å²) in [6.45, 7) is -0.198. The minimum Gasteiger partial charge on any atom is -0.481 e. The molecular weight excluding hydrogens is 364 g/mol. The third-order valence-corrected chi connectivity index (χ3v) is 7.18. The standard InChI is InChI=1S/C18H17ClO5S/c1-24-11-18(17(20)21)15(12-6-5-7-13(19)10-12)16(18)25(22,23)14-8-3-2-4-9-14/h2-10,15-16H,11H2,1H3,(H,20,21)/t15-,16+,18-/m0/s1. The van der Waals surface area contributed by atoms with Gasteiger partial charge < -0.3 is 9.84 Å². The van der Waals surface area contributed by atoms with Crippen molar-refractivity contribution in [3.63, 3.8) is 0 Å². The summed E-state index contributed by atoms with van der Waals surface area (Å²) in [5.74, 6) is -1.92. The van der Waals surface area contributed by atoms with Crippen molar-refractivity contribution in [3.8, 4) is 0 Å². The Kier molecular flexibility index (Phi) is 4.62. The van der Waals surface area contributed by atoms with Crippen molar-refractivity contribution < 1.29 is 23.1 Å². The number of sulfone groups is 1. The maximum atomic E-state index is 13.1. The second-order valence-electron chi connectivity index (χ2n) is 6.09. The molecule has 0 amide bonds. The first-order valence-electron chi connectivity index (χ1n) is 7.62. The second kappa shape index (κ2) is 6.44. The van der Waals surface area contributed by atoms with Gasteiger partial charge in [-0.15, -0.1) is 0 Å². The predicted octanol–water partition coefficient (Wildman–Crippen LogP) is 3.00. The molecule has 2 aromatic rings. The molecule has 0 unspecified atom stereocenters. The van der Waals surface area contributed by atoms with Crippen molar-refractivity contribution in [1.82, 2.24) is 0 Å². The summed E-state index contributed by atoms with van der Waals surface area (Å²) < 4.78 is 31.3. The highest BCUT2D eigenvalue weighted by atomic mass is 35.5. The van der Waals surface area contributed by atoms with E-state index in [1.807, 2.05) is 0 Å². The Bertz CT molecular complexity index is 897. The van der Waals surface area contributed by atoms with E-state index < -0.39 is 32.4 Å². The molecule has 0 heterocycles. The summed E-state index contributed by atoms with van der Waals surface area (Å²) >= 11 is 6.02. The molecule has 3 atom stereocenters. The van der Waals surface area contributed by atoms with E-state index in [0.717, 1.165) is 0 Å². The van der Waals surface area contributed by atoms with Gasteiger partial charge in [0.1, 0.15) is 5.41 Å². The van der Waals surface area contributed by atoms with Gasteiger partial charge in [0.2, 0.25) is 0 Å². The number of aliphatic carboxylic acids is 1. The number of carboxylic acid groups (broad SMARTS) is 1. The zero-order valence-electron chi connectivity index (χ0n) is 13.4. The molecule has 1 saturated carbocycles. The third-order valence-electron chi connectivity index (χ3n) is 4.65. The summed E-state index contributed by atoms with van der Waals surface area (Å²) in [4.78, 5) is 12.2. The van der Waals surface area contributed by atoms with E-state index in [9.17, 15) is 18.3 Å². The van der Waals surface area contributed by atoms with Crippen molar-refractivity contribution in [3.05, 3.63) is 65.2 Å². The molecule has 0 aromatic heterocycles. The largest absolute Gasteiger partial charge is 0.481 e. The third kappa shape index (κ3) is 2.84. The van der Waals surface area contributed by atoms with Crippen LogP contribution < -0.4 is 0 Å². The number of hydrogen-bond donors (Lipinski definition) is 1. The van der Waals surface area contributed by atoms with Crippen LogP contribution in [0.25, 0.3) is 0 Å². The molecular formula is C18H17ClO5S. The molecule has 5 nitrogen and oxygen atoms in total. The zero-order chi connectivity index (χ0) is 18.2. The second-order valence-corrected chi connectivity index (χ2v) is 8.60. The van der Waals surface area contributed by atoms with Crippen LogP contribution in [-0.4, -0.2) is 38.5 Å². The smallest absolute Gasteiger partial charge is 0.314 e. The van der Waals surface area contributed by atoms with Crippen LogP contribution in [0.2, 0.25) is 5.02 Å². The van der Waals surface area contributed by atoms with E-state index in [1.165, 1.54) is 19.2 Å². The summed E-state index contributed by atoms with van der Waals surface area (Å²) in [6, 6.07) is 14.5. The van der Waals surface area contributed by atoms with Crippen LogP contribution in [0, 0.1) is 5.41 Å². The minimum atomic E-state index is -3.85. The predicted molar refractivity (Wildman–Crippen MR) is 93.6 cm³/mol. The van der Waals surface area contributed by atoms with Crippen LogP contribution >= 0.6 is 11.6 Å². The summed E-state index contributed by atoms with van der Waals surface area (Å²) in [5.41, 5.74) is -0.954. The van der Waals surface area contributed by atoms with Crippen LogP contribution in [0.1, 0.15) is 11.5 Å². The van der Waals surface area contributed by atoms with Crippen molar-refractivity contribution in [2.75, 3.05) is 13.7 Å². The van der Waals surface area contributed by atoms with Gasteiger partial charge in [0.05, 0.1) is 16.8 Å². The molecule has 0 saturated heterocycles. The van der Waals surface area contributed by atoms with E-state index in [4.69, 9.17) is 16.3 Å². The Hall–Kier alpha value is -1.89. The number of benzene rings is 2. The Morgan fingerprint density at radius 1 is 1.20 bits per heavy atom. The van der Waals surface area contributed by atoms with E-state index in [-0.39, 0.29) is 11.5 Å². The van der Waals surface area contributed by atoms with Gasteiger partial charge in [-0.25, -0.2) is 8.42 Å². The summed E-state index contributed by atoms with van der Waals surface area (Å²) in [6.07, 6.45) is 0. The molecule has 2 aromatic carbocycles. The van der Waals surface area contributed by atoms with Crippen molar-refractivity contribution >= 4 is 27.4 Å². The van der Waals surface area contributed by atoms with Crippen LogP contribution in [0.15, 0.2) is 59.5 Å². The molecule has 1 fully saturated rings. The monoisotopic (exact) mass is 380 g/mol. The number of methoxy groups -OCH3 is 1. The first kappa shape index (κ1) is 17.9. The highest BCUT2D eigenvalue weighted by Crippen LogP contribution is 2.64. The molecule has 0 bridgehead atoms. The Labute approximate surface area is 151 Å². The van der Waals surface area contributed by atoms with Gasteiger partial charge in [0.25, 0.3) is 0 Å². The molecule has 25 heavy (non-hydrogen) atoms. The van der Waals surface area contributed by atoms with E-state index in [1.54, 1.807) is 42.5 Å². The van der Waals surface area contributed by atoms with Gasteiger partial charge in [0, 0.05) is 18.1 Å². The lowest BCUT2D eigenvalue weighted by Gasteiger charge is -2.12. The molecule has 0 spiro atoms. The van der Waals surface area contributed by atoms with Gasteiger partial charge in [-0.1, -0.05) is 41.9 Å². The molecule has 1 N–H and O–H groups in total. The average molecular weight is 381 g/mol. The average Bonchev–Trinajstić information content (AvgIpc) is 3.27. The molecule has 7 heteroatoms. The van der Waals surface area contributed by atoms with Gasteiger partial charge in [-0.2, -0.15) is 0 Å². The number of carbonyl (C=O) groups is 1. The molecule has 1 aliphatic rings. The topological polar surface area (TPSA) is 80.7 Å². The number of ether oxygens (including phenoxy) is 1. The molecule has 132 valence electrons. The van der Waals surface area contributed by atoms with E-state index >= 15 is 0 Å². The van der Waals surface area contributed by atoms with Crippen LogP contribution in [-0.2, 0) is 19.4 Å². The van der Waals surface area contributed by atoms with Gasteiger partial charge in [-0.3, -0.25) is 4.79 Å². The molecule has 0 aliphatic heterocycles. The summed E-state index contributed by atoms with van der Waals surface area (Å²) in [7, 11) is -2.49. The first-order chi connectivity index (χ1) is 11.9. The normalized spacial score (nSPS) is 25.5. The van der Waals surface area contributed by atoms with E-state index in [2.05, 4.69) is 0 Å². The lowest BCUT2D eigenvalue weighted by atomic mass is 10.00. The van der Waals surface area contributed by atoms with Gasteiger partial charge in [-0.05, 0) is 29.8 Å². The number of rotatable bonds is 6. The molecule has 1 aliphatic carbocycles. The zero-order valence-corrected chi connectivity index (χ0v) is 15.0. The van der Waals surface area contributed by atoms with Crippen molar-refractivity contribution in [1.29, 1.82) is 0 Å². The summed E-state index contributed by atoms with van der Waals surface area (Å²) in [5, 5.41) is 9.15. The lowest BCUT2D eigenvalue weighted by Crippen LogP contribution is -2.28. The van der Waals surface area contributed by atoms with Gasteiger partial charge in [0.15, 0.2) is 9.84 Å². The Morgan fingerprint density at radius 3 is 2.44 bits per heavy atom. The fourth-order valence-corrected chi connectivity index (χ4v) is 6.09. The first-order valence-corrected chi connectivity index (χ1v) is 9.55. The Morgan fingerprint density at radius 2 is 1.88 bits per heavy atom. The number of hydrogen-bond acceptors (Lipinski definition) is 4. The van der Waals surface area contributed by atoms with Gasteiger partial charge >= 0.3 is 5.97 Å². The van der Waals surface area contributed by atoms with Crippen LogP contribution in [0.3, 0.4) is 0 Å². The Balaban J connectivity index is 2.14. The minimum absolute atomic E-state index is 0.103. The molecule has 3 rings (SSSR count). The van der Waals surface area contributed by atoms with Crippen molar-refractivity contribution in [2.24, 2.45) is 5.41 Å². The quantitative estimate of drug-likeness (QED) is 0.833. The maximum Gasteiger partial charge on any atom is 0.314 e. The maximum absolute atomic E-state index is 13.1. The van der Waals surface area contributed by atoms with E-state index in [0.29, 0.717) is 10.6 Å². The van der Waals surface area contributed by atoms with Crippen LogP contribution in [0.4, 0.5) is 0 Å². The highest BCUT2D eigenvalue weighted by molar-refractivity contribution is 7.92. The molecule has 0 radical (unpaired) electrons. The van der Waals surface area contributed by atoms with Crippen LogP contribution in [0.5, 0.6) is 0 Å². The SMILES string of the molecule is COC[C@@]1(C(=O)O)[C@H](S(=O)(=O)c2ccccc2)[C@@H]1c1cccc(Cl)c1. The van der Waals surface area contributed by atoms with Crippen molar-refractivity contribution in [2.45, 2.75) is 16.1 Å².